The molecule has 1 fully saturated rings. The highest BCUT2D eigenvalue weighted by atomic mass is 35.5. The summed E-state index contributed by atoms with van der Waals surface area (Å²) < 4.78 is 10.6. The number of benzene rings is 1. The number of carbonyl (C=O) groups is 2. The average Bonchev–Trinajstić information content (AvgIpc) is 2.61. The Morgan fingerprint density at radius 1 is 1.32 bits per heavy atom. The molecule has 1 unspecified atom stereocenters. The molecule has 0 aromatic heterocycles. The summed E-state index contributed by atoms with van der Waals surface area (Å²) in [5, 5.41) is 3.49. The van der Waals surface area contributed by atoms with E-state index in [2.05, 4.69) is 5.32 Å². The van der Waals surface area contributed by atoms with Crippen molar-refractivity contribution in [3.05, 3.63) is 29.3 Å². The molecule has 0 aliphatic carbocycles. The predicted molar refractivity (Wildman–Crippen MR) is 95.8 cm³/mol. The van der Waals surface area contributed by atoms with Gasteiger partial charge >= 0.3 is 5.97 Å². The van der Waals surface area contributed by atoms with Crippen LogP contribution in [0.25, 0.3) is 0 Å². The maximum Gasteiger partial charge on any atom is 0.310 e. The Labute approximate surface area is 153 Å². The van der Waals surface area contributed by atoms with Gasteiger partial charge in [-0.2, -0.15) is 0 Å². The molecule has 2 rings (SSSR count). The Morgan fingerprint density at radius 2 is 2.08 bits per heavy atom. The maximum absolute atomic E-state index is 12.0. The van der Waals surface area contributed by atoms with E-state index in [-0.39, 0.29) is 24.3 Å². The number of amides is 1. The monoisotopic (exact) mass is 368 g/mol. The summed E-state index contributed by atoms with van der Waals surface area (Å²) in [4.78, 5) is 25.8. The van der Waals surface area contributed by atoms with Crippen LogP contribution in [-0.4, -0.2) is 56.2 Å². The van der Waals surface area contributed by atoms with Crippen LogP contribution < -0.4 is 10.1 Å². The number of rotatable bonds is 8. The Morgan fingerprint density at radius 3 is 2.80 bits per heavy atom. The third-order valence-corrected chi connectivity index (χ3v) is 4.25. The standard InChI is InChI=1S/C18H25ClN2O4/c1-2-24-18(23)14-4-3-10-21(12-14)13-17(22)20-9-11-25-16-7-5-15(19)6-8-16/h5-8,14H,2-4,9-13H2,1H3,(H,20,22). The number of ether oxygens (including phenoxy) is 2. The van der Waals surface area contributed by atoms with Crippen molar-refractivity contribution in [2.75, 3.05) is 39.4 Å². The smallest absolute Gasteiger partial charge is 0.310 e. The van der Waals surface area contributed by atoms with Crippen LogP contribution in [0.2, 0.25) is 5.02 Å². The molecule has 1 N–H and O–H groups in total. The number of hydrogen-bond donors (Lipinski definition) is 1. The summed E-state index contributed by atoms with van der Waals surface area (Å²) in [5.41, 5.74) is 0. The van der Waals surface area contributed by atoms with E-state index in [0.717, 1.165) is 19.4 Å². The van der Waals surface area contributed by atoms with Gasteiger partial charge in [-0.05, 0) is 50.6 Å². The SMILES string of the molecule is CCOC(=O)C1CCCN(CC(=O)NCCOc2ccc(Cl)cc2)C1. The van der Waals surface area contributed by atoms with E-state index >= 15 is 0 Å². The molecular formula is C18H25ClN2O4. The zero-order chi connectivity index (χ0) is 18.1. The zero-order valence-corrected chi connectivity index (χ0v) is 15.3. The van der Waals surface area contributed by atoms with Crippen molar-refractivity contribution >= 4 is 23.5 Å². The molecule has 1 heterocycles. The van der Waals surface area contributed by atoms with Gasteiger partial charge in [-0.3, -0.25) is 14.5 Å². The van der Waals surface area contributed by atoms with Crippen LogP contribution in [0.1, 0.15) is 19.8 Å². The van der Waals surface area contributed by atoms with Crippen molar-refractivity contribution in [1.82, 2.24) is 10.2 Å². The minimum Gasteiger partial charge on any atom is -0.492 e. The van der Waals surface area contributed by atoms with Gasteiger partial charge in [0.25, 0.3) is 0 Å². The third-order valence-electron chi connectivity index (χ3n) is 4.00. The first-order valence-corrected chi connectivity index (χ1v) is 9.00. The van der Waals surface area contributed by atoms with Crippen molar-refractivity contribution in [2.24, 2.45) is 5.92 Å². The van der Waals surface area contributed by atoms with E-state index < -0.39 is 0 Å². The maximum atomic E-state index is 12.0. The van der Waals surface area contributed by atoms with E-state index in [1.165, 1.54) is 0 Å². The summed E-state index contributed by atoms with van der Waals surface area (Å²) in [6.45, 7) is 4.70. The van der Waals surface area contributed by atoms with E-state index in [1.807, 2.05) is 4.90 Å². The second-order valence-corrected chi connectivity index (χ2v) is 6.42. The third kappa shape index (κ3) is 6.92. The molecule has 25 heavy (non-hydrogen) atoms. The second kappa shape index (κ2) is 10.3. The Bertz CT molecular complexity index is 565. The van der Waals surface area contributed by atoms with Crippen LogP contribution in [0.5, 0.6) is 5.75 Å². The number of nitrogens with zero attached hydrogens (tertiary/aromatic N) is 1. The highest BCUT2D eigenvalue weighted by molar-refractivity contribution is 6.30. The number of hydrogen-bond acceptors (Lipinski definition) is 5. The van der Waals surface area contributed by atoms with Gasteiger partial charge in [0.05, 0.1) is 25.6 Å². The minimum atomic E-state index is -0.163. The molecule has 1 atom stereocenters. The molecule has 1 aromatic carbocycles. The largest absolute Gasteiger partial charge is 0.492 e. The van der Waals surface area contributed by atoms with Crippen molar-refractivity contribution in [1.29, 1.82) is 0 Å². The summed E-state index contributed by atoms with van der Waals surface area (Å²) in [6.07, 6.45) is 1.72. The lowest BCUT2D eigenvalue weighted by molar-refractivity contribution is -0.150. The summed E-state index contributed by atoms with van der Waals surface area (Å²) >= 11 is 5.81. The minimum absolute atomic E-state index is 0.0655. The molecule has 1 saturated heterocycles. The fourth-order valence-corrected chi connectivity index (χ4v) is 2.93. The first kappa shape index (κ1) is 19.5. The summed E-state index contributed by atoms with van der Waals surface area (Å²) in [7, 11) is 0. The second-order valence-electron chi connectivity index (χ2n) is 5.98. The van der Waals surface area contributed by atoms with Crippen LogP contribution in [-0.2, 0) is 14.3 Å². The number of halogens is 1. The molecule has 6 nitrogen and oxygen atoms in total. The van der Waals surface area contributed by atoms with Crippen molar-refractivity contribution in [2.45, 2.75) is 19.8 Å². The molecule has 0 saturated carbocycles. The molecule has 1 aliphatic rings. The van der Waals surface area contributed by atoms with Gasteiger partial charge in [-0.1, -0.05) is 11.6 Å². The van der Waals surface area contributed by atoms with E-state index in [9.17, 15) is 9.59 Å². The van der Waals surface area contributed by atoms with Crippen LogP contribution in [0.4, 0.5) is 0 Å². The molecule has 1 aromatic rings. The fourth-order valence-electron chi connectivity index (χ4n) is 2.80. The molecule has 138 valence electrons. The highest BCUT2D eigenvalue weighted by Gasteiger charge is 2.27. The van der Waals surface area contributed by atoms with Gasteiger partial charge in [-0.15, -0.1) is 0 Å². The highest BCUT2D eigenvalue weighted by Crippen LogP contribution is 2.17. The fraction of sp³-hybridized carbons (Fsp3) is 0.556. The van der Waals surface area contributed by atoms with Crippen molar-refractivity contribution in [3.8, 4) is 5.75 Å². The van der Waals surface area contributed by atoms with Gasteiger partial charge in [0.2, 0.25) is 5.91 Å². The first-order valence-electron chi connectivity index (χ1n) is 8.62. The van der Waals surface area contributed by atoms with E-state index in [1.54, 1.807) is 31.2 Å². The predicted octanol–water partition coefficient (Wildman–Crippen LogP) is 2.11. The molecule has 0 bridgehead atoms. The van der Waals surface area contributed by atoms with Crippen LogP contribution >= 0.6 is 11.6 Å². The number of likely N-dealkylation sites (tertiary alicyclic amines) is 1. The Balaban J connectivity index is 1.64. The lowest BCUT2D eigenvalue weighted by Gasteiger charge is -2.30. The quantitative estimate of drug-likeness (QED) is 0.562. The van der Waals surface area contributed by atoms with Gasteiger partial charge < -0.3 is 14.8 Å². The van der Waals surface area contributed by atoms with Gasteiger partial charge in [0, 0.05) is 11.6 Å². The Hall–Kier alpha value is -1.79. The van der Waals surface area contributed by atoms with Crippen LogP contribution in [0, 0.1) is 5.92 Å². The zero-order valence-electron chi connectivity index (χ0n) is 14.5. The molecule has 0 spiro atoms. The van der Waals surface area contributed by atoms with Crippen molar-refractivity contribution in [3.63, 3.8) is 0 Å². The Kier molecular flexibility index (Phi) is 8.01. The van der Waals surface area contributed by atoms with Gasteiger partial charge in [0.15, 0.2) is 0 Å². The average molecular weight is 369 g/mol. The summed E-state index contributed by atoms with van der Waals surface area (Å²) in [5.74, 6) is 0.356. The lowest BCUT2D eigenvalue weighted by Crippen LogP contribution is -2.45. The molecule has 1 amide bonds. The topological polar surface area (TPSA) is 67.9 Å². The number of esters is 1. The molecule has 1 aliphatic heterocycles. The lowest BCUT2D eigenvalue weighted by atomic mass is 9.98. The van der Waals surface area contributed by atoms with Crippen molar-refractivity contribution < 1.29 is 19.1 Å². The summed E-state index contributed by atoms with van der Waals surface area (Å²) in [6, 6.07) is 7.08. The number of carbonyl (C=O) groups excluding carboxylic acids is 2. The first-order chi connectivity index (χ1) is 12.1. The molecule has 0 radical (unpaired) electrons. The van der Waals surface area contributed by atoms with E-state index in [0.29, 0.717) is 37.1 Å². The van der Waals surface area contributed by atoms with Gasteiger partial charge in [-0.25, -0.2) is 0 Å². The van der Waals surface area contributed by atoms with Crippen LogP contribution in [0.3, 0.4) is 0 Å². The molecule has 7 heteroatoms. The number of nitrogens with one attached hydrogen (secondary N) is 1. The van der Waals surface area contributed by atoms with Gasteiger partial charge in [0.1, 0.15) is 12.4 Å². The number of piperidine rings is 1. The normalized spacial score (nSPS) is 17.8. The van der Waals surface area contributed by atoms with Crippen LogP contribution in [0.15, 0.2) is 24.3 Å². The molecular weight excluding hydrogens is 344 g/mol. The van der Waals surface area contributed by atoms with E-state index in [4.69, 9.17) is 21.1 Å².